The second kappa shape index (κ2) is 4.17. The van der Waals surface area contributed by atoms with E-state index in [0.29, 0.717) is 0 Å². The summed E-state index contributed by atoms with van der Waals surface area (Å²) >= 11 is 6.04. The van der Waals surface area contributed by atoms with Crippen LogP contribution in [0, 0.1) is 0 Å². The zero-order valence-electron chi connectivity index (χ0n) is 9.70. The van der Waals surface area contributed by atoms with E-state index < -0.39 is 0 Å². The normalized spacial score (nSPS) is 17.4. The van der Waals surface area contributed by atoms with Crippen molar-refractivity contribution in [3.8, 4) is 0 Å². The standard InChI is InChI=1S/C13H14ClN3/c1-17-6-2-3-9(8-17)13-11-7-10(14)4-5-12(11)15-16-13/h3-5,7H,2,6,8H2,1H3,(H,15,16). The molecule has 1 N–H and O–H groups in total. The van der Waals surface area contributed by atoms with Crippen molar-refractivity contribution in [2.24, 2.45) is 0 Å². The van der Waals surface area contributed by atoms with Gasteiger partial charge in [-0.1, -0.05) is 17.7 Å². The molecule has 1 aliphatic heterocycles. The number of H-pyrrole nitrogens is 1. The Hall–Kier alpha value is -1.32. The zero-order chi connectivity index (χ0) is 11.8. The molecule has 1 aromatic carbocycles. The van der Waals surface area contributed by atoms with Gasteiger partial charge in [-0.2, -0.15) is 5.10 Å². The fourth-order valence-electron chi connectivity index (χ4n) is 2.30. The molecule has 0 amide bonds. The number of aromatic amines is 1. The van der Waals surface area contributed by atoms with Crippen molar-refractivity contribution in [2.75, 3.05) is 20.1 Å². The molecule has 2 heterocycles. The number of nitrogens with zero attached hydrogens (tertiary/aromatic N) is 2. The van der Waals surface area contributed by atoms with Gasteiger partial charge in [0, 0.05) is 23.5 Å². The van der Waals surface area contributed by atoms with Crippen molar-refractivity contribution < 1.29 is 0 Å². The molecule has 0 bridgehead atoms. The summed E-state index contributed by atoms with van der Waals surface area (Å²) < 4.78 is 0. The Labute approximate surface area is 105 Å². The summed E-state index contributed by atoms with van der Waals surface area (Å²) in [5.41, 5.74) is 3.36. The fraction of sp³-hybridized carbons (Fsp3) is 0.308. The van der Waals surface area contributed by atoms with Crippen molar-refractivity contribution in [3.05, 3.63) is 35.0 Å². The summed E-state index contributed by atoms with van der Waals surface area (Å²) in [6.45, 7) is 2.07. The van der Waals surface area contributed by atoms with Crippen LogP contribution in [-0.4, -0.2) is 35.2 Å². The highest BCUT2D eigenvalue weighted by Crippen LogP contribution is 2.27. The molecule has 3 nitrogen and oxygen atoms in total. The van der Waals surface area contributed by atoms with E-state index in [2.05, 4.69) is 28.2 Å². The quantitative estimate of drug-likeness (QED) is 0.840. The molecule has 17 heavy (non-hydrogen) atoms. The molecule has 0 radical (unpaired) electrons. The third kappa shape index (κ3) is 1.96. The predicted molar refractivity (Wildman–Crippen MR) is 71.2 cm³/mol. The molecule has 4 heteroatoms. The van der Waals surface area contributed by atoms with E-state index in [9.17, 15) is 0 Å². The maximum Gasteiger partial charge on any atom is 0.0969 e. The van der Waals surface area contributed by atoms with Gasteiger partial charge in [0.05, 0.1) is 11.2 Å². The molecule has 0 saturated heterocycles. The van der Waals surface area contributed by atoms with Gasteiger partial charge in [-0.3, -0.25) is 5.10 Å². The van der Waals surface area contributed by atoms with Crippen LogP contribution in [0.4, 0.5) is 0 Å². The van der Waals surface area contributed by atoms with Crippen molar-refractivity contribution >= 4 is 28.1 Å². The van der Waals surface area contributed by atoms with E-state index >= 15 is 0 Å². The van der Waals surface area contributed by atoms with E-state index in [-0.39, 0.29) is 0 Å². The van der Waals surface area contributed by atoms with Crippen molar-refractivity contribution in [1.29, 1.82) is 0 Å². The topological polar surface area (TPSA) is 31.9 Å². The van der Waals surface area contributed by atoms with Gasteiger partial charge in [0.25, 0.3) is 0 Å². The van der Waals surface area contributed by atoms with Crippen LogP contribution < -0.4 is 0 Å². The van der Waals surface area contributed by atoms with Crippen molar-refractivity contribution in [3.63, 3.8) is 0 Å². The van der Waals surface area contributed by atoms with Crippen LogP contribution in [0.1, 0.15) is 12.1 Å². The lowest BCUT2D eigenvalue weighted by atomic mass is 10.0. The minimum atomic E-state index is 0.755. The number of rotatable bonds is 1. The van der Waals surface area contributed by atoms with Crippen molar-refractivity contribution in [1.82, 2.24) is 15.1 Å². The highest BCUT2D eigenvalue weighted by molar-refractivity contribution is 6.31. The molecule has 1 aromatic heterocycles. The lowest BCUT2D eigenvalue weighted by Gasteiger charge is -2.21. The Morgan fingerprint density at radius 3 is 3.12 bits per heavy atom. The number of hydrogen-bond acceptors (Lipinski definition) is 2. The van der Waals surface area contributed by atoms with Crippen LogP contribution in [0.5, 0.6) is 0 Å². The molecule has 0 aliphatic carbocycles. The molecule has 0 spiro atoms. The first kappa shape index (κ1) is 10.8. The monoisotopic (exact) mass is 247 g/mol. The Kier molecular flexibility index (Phi) is 2.65. The Bertz CT molecular complexity index is 585. The molecule has 0 saturated carbocycles. The second-order valence-electron chi connectivity index (χ2n) is 4.52. The predicted octanol–water partition coefficient (Wildman–Crippen LogP) is 2.94. The molecule has 1 aliphatic rings. The average molecular weight is 248 g/mol. The highest BCUT2D eigenvalue weighted by Gasteiger charge is 2.15. The minimum Gasteiger partial charge on any atom is -0.302 e. The molecular formula is C13H14ClN3. The molecule has 3 rings (SSSR count). The van der Waals surface area contributed by atoms with Crippen LogP contribution in [0.3, 0.4) is 0 Å². The average Bonchev–Trinajstić information content (AvgIpc) is 2.71. The van der Waals surface area contributed by atoms with Crippen LogP contribution in [-0.2, 0) is 0 Å². The third-order valence-corrected chi connectivity index (χ3v) is 3.41. The Balaban J connectivity index is 2.11. The molecule has 0 fully saturated rings. The Morgan fingerprint density at radius 1 is 1.41 bits per heavy atom. The maximum atomic E-state index is 6.04. The summed E-state index contributed by atoms with van der Waals surface area (Å²) in [4.78, 5) is 2.31. The number of fused-ring (bicyclic) bond motifs is 1. The minimum absolute atomic E-state index is 0.755. The summed E-state index contributed by atoms with van der Waals surface area (Å²) in [5, 5.41) is 9.34. The van der Waals surface area contributed by atoms with Gasteiger partial charge in [-0.15, -0.1) is 0 Å². The smallest absolute Gasteiger partial charge is 0.0969 e. The number of nitrogens with one attached hydrogen (secondary N) is 1. The van der Waals surface area contributed by atoms with Gasteiger partial charge in [0.2, 0.25) is 0 Å². The fourth-order valence-corrected chi connectivity index (χ4v) is 2.47. The number of benzene rings is 1. The van der Waals surface area contributed by atoms with Gasteiger partial charge >= 0.3 is 0 Å². The second-order valence-corrected chi connectivity index (χ2v) is 4.95. The number of likely N-dealkylation sites (N-methyl/N-ethyl adjacent to an activating group) is 1. The molecule has 0 atom stereocenters. The lowest BCUT2D eigenvalue weighted by molar-refractivity contribution is 0.372. The number of halogens is 1. The molecule has 0 unspecified atom stereocenters. The lowest BCUT2D eigenvalue weighted by Crippen LogP contribution is -2.25. The van der Waals surface area contributed by atoms with E-state index in [4.69, 9.17) is 11.6 Å². The first-order valence-corrected chi connectivity index (χ1v) is 6.13. The van der Waals surface area contributed by atoms with Crippen LogP contribution in [0.2, 0.25) is 5.02 Å². The van der Waals surface area contributed by atoms with E-state index in [0.717, 1.165) is 41.1 Å². The van der Waals surface area contributed by atoms with Crippen LogP contribution >= 0.6 is 11.6 Å². The van der Waals surface area contributed by atoms with Crippen LogP contribution in [0.15, 0.2) is 24.3 Å². The van der Waals surface area contributed by atoms with Gasteiger partial charge in [0.1, 0.15) is 0 Å². The summed E-state index contributed by atoms with van der Waals surface area (Å²) in [7, 11) is 2.13. The first-order chi connectivity index (χ1) is 8.24. The summed E-state index contributed by atoms with van der Waals surface area (Å²) in [6.07, 6.45) is 3.36. The zero-order valence-corrected chi connectivity index (χ0v) is 10.5. The van der Waals surface area contributed by atoms with Gasteiger partial charge in [-0.05, 0) is 37.2 Å². The summed E-state index contributed by atoms with van der Waals surface area (Å²) in [5.74, 6) is 0. The first-order valence-electron chi connectivity index (χ1n) is 5.75. The Morgan fingerprint density at radius 2 is 2.29 bits per heavy atom. The van der Waals surface area contributed by atoms with Crippen molar-refractivity contribution in [2.45, 2.75) is 6.42 Å². The van der Waals surface area contributed by atoms with Gasteiger partial charge < -0.3 is 4.90 Å². The van der Waals surface area contributed by atoms with E-state index in [1.807, 2.05) is 18.2 Å². The largest absolute Gasteiger partial charge is 0.302 e. The number of hydrogen-bond donors (Lipinski definition) is 1. The van der Waals surface area contributed by atoms with Gasteiger partial charge in [0.15, 0.2) is 0 Å². The highest BCUT2D eigenvalue weighted by atomic mass is 35.5. The molecular weight excluding hydrogens is 234 g/mol. The number of aromatic nitrogens is 2. The van der Waals surface area contributed by atoms with E-state index in [1.54, 1.807) is 0 Å². The third-order valence-electron chi connectivity index (χ3n) is 3.17. The maximum absolute atomic E-state index is 6.04. The summed E-state index contributed by atoms with van der Waals surface area (Å²) in [6, 6.07) is 5.83. The van der Waals surface area contributed by atoms with Crippen LogP contribution in [0.25, 0.3) is 16.5 Å². The van der Waals surface area contributed by atoms with Gasteiger partial charge in [-0.25, -0.2) is 0 Å². The molecule has 2 aromatic rings. The van der Waals surface area contributed by atoms with E-state index in [1.165, 1.54) is 5.57 Å². The molecule has 88 valence electrons. The SMILES string of the molecule is CN1CCC=C(c2n[nH]c3ccc(Cl)cc23)C1.